The fourth-order valence-electron chi connectivity index (χ4n) is 0.953. The molecule has 1 fully saturated rings. The first-order valence-corrected chi connectivity index (χ1v) is 3.07. The van der Waals surface area contributed by atoms with Gasteiger partial charge in [0, 0.05) is 0 Å². The molecule has 0 aromatic carbocycles. The minimum absolute atomic E-state index is 2.32. The van der Waals surface area contributed by atoms with E-state index in [1.165, 1.54) is 0 Å². The highest BCUT2D eigenvalue weighted by molar-refractivity contribution is 5.23. The van der Waals surface area contributed by atoms with Crippen LogP contribution in [-0.4, -0.2) is 28.7 Å². The number of hydrogen-bond acceptors (Lipinski definition) is 3. The van der Waals surface area contributed by atoms with E-state index in [4.69, 9.17) is 0 Å². The van der Waals surface area contributed by atoms with E-state index in [2.05, 4.69) is 4.84 Å². The average Bonchev–Trinajstić information content (AvgIpc) is 2.00. The molecule has 0 bridgehead atoms. The normalized spacial score (nSPS) is 29.0. The van der Waals surface area contributed by atoms with E-state index >= 15 is 0 Å². The monoisotopic (exact) mass is 243 g/mol. The zero-order chi connectivity index (χ0) is 12.3. The Morgan fingerprint density at radius 2 is 1.20 bits per heavy atom. The molecule has 0 unspecified atom stereocenters. The third-order valence-electron chi connectivity index (χ3n) is 1.80. The molecule has 0 radical (unpaired) electrons. The van der Waals surface area contributed by atoms with Gasteiger partial charge in [-0.25, -0.2) is 0 Å². The Labute approximate surface area is 75.7 Å². The van der Waals surface area contributed by atoms with Crippen molar-refractivity contribution in [3.05, 3.63) is 10.1 Å². The van der Waals surface area contributed by atoms with Gasteiger partial charge in [0.2, 0.25) is 0 Å². The summed E-state index contributed by atoms with van der Waals surface area (Å²) in [4.78, 5) is 11.7. The maximum Gasteiger partial charge on any atom is 0.392 e. The maximum atomic E-state index is 12.6. The van der Waals surface area contributed by atoms with Gasteiger partial charge in [-0.3, -0.25) is 4.84 Å². The van der Waals surface area contributed by atoms with Crippen molar-refractivity contribution in [2.24, 2.45) is 0 Å². The Hall–Kier alpha value is -1.29. The Bertz CT molecular complexity index is 297. The summed E-state index contributed by atoms with van der Waals surface area (Å²) in [5.41, 5.74) is 0. The lowest BCUT2D eigenvalue weighted by molar-refractivity contribution is -0.823. The molecule has 15 heavy (non-hydrogen) atoms. The van der Waals surface area contributed by atoms with E-state index in [-0.39, 0.29) is 0 Å². The van der Waals surface area contributed by atoms with Crippen molar-refractivity contribution in [3.63, 3.8) is 0 Å². The third-order valence-corrected chi connectivity index (χ3v) is 1.80. The summed E-state index contributed by atoms with van der Waals surface area (Å²) in [7, 11) is 0. The summed E-state index contributed by atoms with van der Waals surface area (Å²) in [6.45, 7) is 0. The molecule has 11 heteroatoms. The van der Waals surface area contributed by atoms with Crippen LogP contribution in [-0.2, 0) is 4.84 Å². The molecule has 4 nitrogen and oxygen atoms in total. The SMILES string of the molecule is O=[N+]([O-])OC1(F)C(F)(F)C(F)(F)C1(F)F. The molecule has 0 amide bonds. The Morgan fingerprint density at radius 1 is 0.867 bits per heavy atom. The smallest absolute Gasteiger partial charge is 0.259 e. The summed E-state index contributed by atoms with van der Waals surface area (Å²) in [5, 5.41) is 7.09. The van der Waals surface area contributed by atoms with Gasteiger partial charge < -0.3 is 0 Å². The van der Waals surface area contributed by atoms with Gasteiger partial charge in [0.05, 0.1) is 0 Å². The minimum atomic E-state index is -6.04. The highest BCUT2D eigenvalue weighted by Crippen LogP contribution is 2.68. The fourth-order valence-corrected chi connectivity index (χ4v) is 0.953. The largest absolute Gasteiger partial charge is 0.392 e. The molecule has 0 aromatic heterocycles. The van der Waals surface area contributed by atoms with Gasteiger partial charge in [-0.15, -0.1) is 10.1 Å². The van der Waals surface area contributed by atoms with Crippen molar-refractivity contribution >= 4 is 0 Å². The van der Waals surface area contributed by atoms with Gasteiger partial charge in [0.25, 0.3) is 5.09 Å². The first-order chi connectivity index (χ1) is 6.42. The molecule has 0 spiro atoms. The van der Waals surface area contributed by atoms with Crippen LogP contribution in [0, 0.1) is 10.1 Å². The van der Waals surface area contributed by atoms with Crippen LogP contribution in [0.1, 0.15) is 0 Å². The van der Waals surface area contributed by atoms with E-state index < -0.39 is 28.7 Å². The van der Waals surface area contributed by atoms with Gasteiger partial charge in [-0.2, -0.15) is 30.7 Å². The minimum Gasteiger partial charge on any atom is -0.259 e. The van der Waals surface area contributed by atoms with Gasteiger partial charge in [-0.05, 0) is 0 Å². The van der Waals surface area contributed by atoms with Crippen molar-refractivity contribution < 1.29 is 40.7 Å². The van der Waals surface area contributed by atoms with Crippen molar-refractivity contribution in [2.75, 3.05) is 0 Å². The van der Waals surface area contributed by atoms with E-state index in [1.807, 2.05) is 0 Å². The standard InChI is InChI=1S/C4F7NO3/c5-1(6)2(7,8)4(11,3(1,9)10)15-12(13)14. The summed E-state index contributed by atoms with van der Waals surface area (Å²) in [6.07, 6.45) is 0. The third kappa shape index (κ3) is 0.925. The number of nitrogens with zero attached hydrogens (tertiary/aromatic N) is 1. The van der Waals surface area contributed by atoms with E-state index in [0.29, 0.717) is 0 Å². The van der Waals surface area contributed by atoms with Crippen molar-refractivity contribution in [2.45, 2.75) is 23.6 Å². The quantitative estimate of drug-likeness (QED) is 0.422. The summed E-state index contributed by atoms with van der Waals surface area (Å²) in [6, 6.07) is 0. The lowest BCUT2D eigenvalue weighted by Gasteiger charge is -2.51. The Morgan fingerprint density at radius 3 is 1.47 bits per heavy atom. The van der Waals surface area contributed by atoms with Crippen LogP contribution in [0.3, 0.4) is 0 Å². The maximum absolute atomic E-state index is 12.6. The number of alkyl halides is 7. The molecule has 1 aliphatic rings. The lowest BCUT2D eigenvalue weighted by Crippen LogP contribution is -2.85. The van der Waals surface area contributed by atoms with Crippen LogP contribution in [0.15, 0.2) is 0 Å². The molecule has 0 N–H and O–H groups in total. The fraction of sp³-hybridized carbons (Fsp3) is 1.00. The molecule has 88 valence electrons. The summed E-state index contributed by atoms with van der Waals surface area (Å²) >= 11 is 0. The molecule has 1 saturated carbocycles. The zero-order valence-corrected chi connectivity index (χ0v) is 6.32. The van der Waals surface area contributed by atoms with Crippen LogP contribution in [0.25, 0.3) is 0 Å². The van der Waals surface area contributed by atoms with Crippen molar-refractivity contribution in [3.8, 4) is 0 Å². The molecule has 0 aromatic rings. The molecular formula is C4F7NO3. The van der Waals surface area contributed by atoms with Crippen LogP contribution < -0.4 is 0 Å². The highest BCUT2D eigenvalue weighted by atomic mass is 19.4. The molecule has 1 aliphatic carbocycles. The average molecular weight is 243 g/mol. The van der Waals surface area contributed by atoms with E-state index in [9.17, 15) is 40.8 Å². The highest BCUT2D eigenvalue weighted by Gasteiger charge is 3.02. The number of halogens is 7. The van der Waals surface area contributed by atoms with Crippen LogP contribution in [0.4, 0.5) is 30.7 Å². The van der Waals surface area contributed by atoms with E-state index in [1.54, 1.807) is 0 Å². The first kappa shape index (κ1) is 11.8. The molecule has 1 rings (SSSR count). The Balaban J connectivity index is 3.16. The number of rotatable bonds is 2. The first-order valence-electron chi connectivity index (χ1n) is 3.07. The molecular weight excluding hydrogens is 243 g/mol. The second-order valence-electron chi connectivity index (χ2n) is 2.63. The second kappa shape index (κ2) is 2.44. The van der Waals surface area contributed by atoms with Gasteiger partial charge in [-0.1, -0.05) is 0 Å². The Kier molecular flexibility index (Phi) is 1.92. The van der Waals surface area contributed by atoms with Crippen molar-refractivity contribution in [1.82, 2.24) is 0 Å². The summed E-state index contributed by atoms with van der Waals surface area (Å²) in [5.74, 6) is -23.6. The summed E-state index contributed by atoms with van der Waals surface area (Å²) < 4.78 is 85.3. The second-order valence-corrected chi connectivity index (χ2v) is 2.63. The van der Waals surface area contributed by atoms with Crippen LogP contribution in [0.5, 0.6) is 0 Å². The molecule has 0 aliphatic heterocycles. The number of hydrogen-bond donors (Lipinski definition) is 0. The molecule has 0 saturated heterocycles. The van der Waals surface area contributed by atoms with E-state index in [0.717, 1.165) is 0 Å². The molecule has 0 heterocycles. The van der Waals surface area contributed by atoms with Gasteiger partial charge >= 0.3 is 23.6 Å². The molecule has 0 atom stereocenters. The van der Waals surface area contributed by atoms with Gasteiger partial charge in [0.15, 0.2) is 0 Å². The van der Waals surface area contributed by atoms with Gasteiger partial charge in [0.1, 0.15) is 0 Å². The predicted octanol–water partition coefficient (Wildman–Crippen LogP) is 1.78. The topological polar surface area (TPSA) is 52.4 Å². The lowest BCUT2D eigenvalue weighted by atomic mass is 9.78. The zero-order valence-electron chi connectivity index (χ0n) is 6.32. The van der Waals surface area contributed by atoms with Crippen LogP contribution >= 0.6 is 0 Å². The van der Waals surface area contributed by atoms with Crippen molar-refractivity contribution in [1.29, 1.82) is 0 Å². The van der Waals surface area contributed by atoms with Crippen LogP contribution in [0.2, 0.25) is 0 Å². The predicted molar refractivity (Wildman–Crippen MR) is 26.8 cm³/mol.